The number of hydrogen-bond acceptors (Lipinski definition) is 3. The number of unbranched alkanes of at least 4 members (excludes halogenated alkanes) is 13. The summed E-state index contributed by atoms with van der Waals surface area (Å²) in [4.78, 5) is 27.7. The Kier molecular flexibility index (Phi) is 13.2. The van der Waals surface area contributed by atoms with Crippen molar-refractivity contribution in [1.82, 2.24) is 4.90 Å². The van der Waals surface area contributed by atoms with E-state index in [1.807, 2.05) is 6.07 Å². The first-order valence-corrected chi connectivity index (χ1v) is 15.5. The molecule has 2 aromatic carbocycles. The topological polar surface area (TPSA) is 57.6 Å². The second-order valence-corrected chi connectivity index (χ2v) is 11.6. The van der Waals surface area contributed by atoms with Crippen LogP contribution in [0.25, 0.3) is 5.76 Å². The molecule has 1 aliphatic heterocycles. The van der Waals surface area contributed by atoms with E-state index in [2.05, 4.69) is 22.9 Å². The molecule has 4 nitrogen and oxygen atoms in total. The first-order valence-electron chi connectivity index (χ1n) is 14.7. The smallest absolute Gasteiger partial charge is 0.295 e. The molecule has 0 aromatic heterocycles. The fraction of sp³-hybridized carbons (Fsp3) is 0.515. The number of halogens is 2. The van der Waals surface area contributed by atoms with Gasteiger partial charge < -0.3 is 10.0 Å². The summed E-state index contributed by atoms with van der Waals surface area (Å²) in [7, 11) is 0. The fourth-order valence-corrected chi connectivity index (χ4v) is 5.77. The standard InChI is InChI=1S/C33H43BrFNO3/c1-2-3-4-5-6-7-8-9-10-11-12-13-14-15-23-36-30(25-19-21-28(35)22-20-25)29(32(38)33(36)39)31(37)26-17-16-18-27(34)24-26/h16-22,24,30,37H,2-15,23H2,1H3/b31-29+/t30-/m0/s1. The van der Waals surface area contributed by atoms with Crippen LogP contribution in [0, 0.1) is 5.82 Å². The largest absolute Gasteiger partial charge is 0.507 e. The van der Waals surface area contributed by atoms with Crippen LogP contribution in [0.5, 0.6) is 0 Å². The van der Waals surface area contributed by atoms with E-state index in [-0.39, 0.29) is 11.3 Å². The van der Waals surface area contributed by atoms with Gasteiger partial charge in [0.25, 0.3) is 11.7 Å². The van der Waals surface area contributed by atoms with Crippen molar-refractivity contribution >= 4 is 33.4 Å². The molecule has 0 saturated carbocycles. The highest BCUT2D eigenvalue weighted by atomic mass is 79.9. The lowest BCUT2D eigenvalue weighted by Gasteiger charge is -2.25. The highest BCUT2D eigenvalue weighted by Gasteiger charge is 2.45. The molecule has 1 fully saturated rings. The Bertz CT molecular complexity index is 1100. The first kappa shape index (κ1) is 31.1. The van der Waals surface area contributed by atoms with Crippen molar-refractivity contribution < 1.29 is 19.1 Å². The van der Waals surface area contributed by atoms with Crippen molar-refractivity contribution in [3.8, 4) is 0 Å². The van der Waals surface area contributed by atoms with E-state index in [0.717, 1.165) is 23.7 Å². The monoisotopic (exact) mass is 599 g/mol. The molecule has 1 saturated heterocycles. The van der Waals surface area contributed by atoms with Crippen molar-refractivity contribution in [3.05, 3.63) is 75.5 Å². The SMILES string of the molecule is CCCCCCCCCCCCCCCCN1C(=O)C(=O)/C(=C(/O)c2cccc(Br)c2)[C@@H]1c1ccc(F)cc1. The van der Waals surface area contributed by atoms with Gasteiger partial charge in [-0.2, -0.15) is 0 Å². The van der Waals surface area contributed by atoms with Crippen LogP contribution in [-0.4, -0.2) is 28.2 Å². The van der Waals surface area contributed by atoms with Gasteiger partial charge in [0.15, 0.2) is 0 Å². The predicted octanol–water partition coefficient (Wildman–Crippen LogP) is 9.49. The minimum Gasteiger partial charge on any atom is -0.507 e. The van der Waals surface area contributed by atoms with Gasteiger partial charge in [-0.3, -0.25) is 9.59 Å². The van der Waals surface area contributed by atoms with Crippen molar-refractivity contribution in [2.75, 3.05) is 6.54 Å². The van der Waals surface area contributed by atoms with E-state index in [0.29, 0.717) is 17.7 Å². The maximum atomic E-state index is 13.7. The molecule has 2 aromatic rings. The van der Waals surface area contributed by atoms with Crippen LogP contribution in [0.1, 0.15) is 114 Å². The van der Waals surface area contributed by atoms with E-state index < -0.39 is 23.5 Å². The van der Waals surface area contributed by atoms with E-state index in [1.165, 1.54) is 82.8 Å². The lowest BCUT2D eigenvalue weighted by molar-refractivity contribution is -0.139. The molecule has 1 amide bonds. The second-order valence-electron chi connectivity index (χ2n) is 10.7. The highest BCUT2D eigenvalue weighted by molar-refractivity contribution is 9.10. The quantitative estimate of drug-likeness (QED) is 0.0852. The third-order valence-corrected chi connectivity index (χ3v) is 8.07. The molecule has 1 atom stereocenters. The average Bonchev–Trinajstić information content (AvgIpc) is 3.18. The summed E-state index contributed by atoms with van der Waals surface area (Å²) in [6.45, 7) is 2.67. The van der Waals surface area contributed by atoms with Gasteiger partial charge in [-0.25, -0.2) is 4.39 Å². The first-order chi connectivity index (χ1) is 18.9. The van der Waals surface area contributed by atoms with Crippen LogP contribution in [0.15, 0.2) is 58.6 Å². The summed E-state index contributed by atoms with van der Waals surface area (Å²) < 4.78 is 14.4. The third kappa shape index (κ3) is 9.30. The molecular weight excluding hydrogens is 557 g/mol. The van der Waals surface area contributed by atoms with Crippen LogP contribution in [0.4, 0.5) is 4.39 Å². The summed E-state index contributed by atoms with van der Waals surface area (Å²) in [5, 5.41) is 11.1. The van der Waals surface area contributed by atoms with Gasteiger partial charge >= 0.3 is 0 Å². The Hall–Kier alpha value is -2.47. The summed E-state index contributed by atoms with van der Waals surface area (Å²) in [6, 6.07) is 12.0. The van der Waals surface area contributed by atoms with Crippen molar-refractivity contribution in [3.63, 3.8) is 0 Å². The number of amides is 1. The highest BCUT2D eigenvalue weighted by Crippen LogP contribution is 2.40. The van der Waals surface area contributed by atoms with Gasteiger partial charge in [-0.1, -0.05) is 131 Å². The van der Waals surface area contributed by atoms with Crippen molar-refractivity contribution in [2.45, 2.75) is 103 Å². The summed E-state index contributed by atoms with van der Waals surface area (Å²) in [5.74, 6) is -1.93. The molecule has 6 heteroatoms. The number of nitrogens with zero attached hydrogens (tertiary/aromatic N) is 1. The molecule has 3 rings (SSSR count). The maximum absolute atomic E-state index is 13.7. The number of hydrogen-bond donors (Lipinski definition) is 1. The van der Waals surface area contributed by atoms with Gasteiger partial charge in [-0.05, 0) is 36.2 Å². The predicted molar refractivity (Wildman–Crippen MR) is 160 cm³/mol. The van der Waals surface area contributed by atoms with E-state index in [4.69, 9.17) is 0 Å². The molecule has 39 heavy (non-hydrogen) atoms. The molecular formula is C33H43BrFNO3. The van der Waals surface area contributed by atoms with Crippen LogP contribution >= 0.6 is 15.9 Å². The lowest BCUT2D eigenvalue weighted by atomic mass is 9.95. The Morgan fingerprint density at radius 1 is 0.821 bits per heavy atom. The van der Waals surface area contributed by atoms with Gasteiger partial charge in [0, 0.05) is 16.6 Å². The number of aliphatic hydroxyl groups is 1. The molecule has 0 spiro atoms. The maximum Gasteiger partial charge on any atom is 0.295 e. The molecule has 1 aliphatic rings. The Balaban J connectivity index is 1.53. The van der Waals surface area contributed by atoms with Crippen LogP contribution < -0.4 is 0 Å². The number of likely N-dealkylation sites (tertiary alicyclic amines) is 1. The van der Waals surface area contributed by atoms with Gasteiger partial charge in [0.05, 0.1) is 11.6 Å². The lowest BCUT2D eigenvalue weighted by Crippen LogP contribution is -2.30. The molecule has 0 aliphatic carbocycles. The number of Topliss-reactive ketones (excluding diaryl/α,β-unsaturated/α-hetero) is 1. The minimum atomic E-state index is -0.744. The summed E-state index contributed by atoms with van der Waals surface area (Å²) in [6.07, 6.45) is 17.3. The second kappa shape index (κ2) is 16.6. The zero-order chi connectivity index (χ0) is 28.0. The number of benzene rings is 2. The molecule has 1 N–H and O–H groups in total. The Morgan fingerprint density at radius 3 is 1.90 bits per heavy atom. The number of ketones is 1. The Labute approximate surface area is 241 Å². The molecule has 212 valence electrons. The number of carbonyl (C=O) groups excluding carboxylic acids is 2. The van der Waals surface area contributed by atoms with Gasteiger partial charge in [0.2, 0.25) is 0 Å². The minimum absolute atomic E-state index is 0.0510. The van der Waals surface area contributed by atoms with Crippen molar-refractivity contribution in [1.29, 1.82) is 0 Å². The van der Waals surface area contributed by atoms with Crippen LogP contribution in [0.2, 0.25) is 0 Å². The summed E-state index contributed by atoms with van der Waals surface area (Å²) in [5.41, 5.74) is 1.11. The molecule has 0 radical (unpaired) electrons. The number of aliphatic hydroxyl groups excluding tert-OH is 1. The van der Waals surface area contributed by atoms with Gasteiger partial charge in [-0.15, -0.1) is 0 Å². The van der Waals surface area contributed by atoms with E-state index >= 15 is 0 Å². The number of rotatable bonds is 17. The molecule has 0 unspecified atom stereocenters. The van der Waals surface area contributed by atoms with E-state index in [9.17, 15) is 19.1 Å². The molecule has 1 heterocycles. The zero-order valence-electron chi connectivity index (χ0n) is 23.3. The van der Waals surface area contributed by atoms with Gasteiger partial charge in [0.1, 0.15) is 11.6 Å². The number of carbonyl (C=O) groups is 2. The third-order valence-electron chi connectivity index (χ3n) is 7.58. The average molecular weight is 601 g/mol. The van der Waals surface area contributed by atoms with Crippen molar-refractivity contribution in [2.24, 2.45) is 0 Å². The summed E-state index contributed by atoms with van der Waals surface area (Å²) >= 11 is 3.39. The Morgan fingerprint density at radius 2 is 1.36 bits per heavy atom. The van der Waals surface area contributed by atoms with E-state index in [1.54, 1.807) is 35.2 Å². The molecule has 0 bridgehead atoms. The van der Waals surface area contributed by atoms with Crippen LogP contribution in [0.3, 0.4) is 0 Å². The zero-order valence-corrected chi connectivity index (χ0v) is 24.9. The fourth-order valence-electron chi connectivity index (χ4n) is 5.37. The normalized spacial score (nSPS) is 16.8. The van der Waals surface area contributed by atoms with Crippen LogP contribution in [-0.2, 0) is 9.59 Å².